The second-order valence-corrected chi connectivity index (χ2v) is 5.46. The van der Waals surface area contributed by atoms with Gasteiger partial charge in [0.1, 0.15) is 0 Å². The Labute approximate surface area is 99.3 Å². The van der Waals surface area contributed by atoms with Crippen molar-refractivity contribution >= 4 is 0 Å². The van der Waals surface area contributed by atoms with Gasteiger partial charge in [0.05, 0.1) is 6.61 Å². The largest absolute Gasteiger partial charge is 0.381 e. The summed E-state index contributed by atoms with van der Waals surface area (Å²) < 4.78 is 5.54. The molecule has 2 aliphatic rings. The van der Waals surface area contributed by atoms with Gasteiger partial charge >= 0.3 is 0 Å². The van der Waals surface area contributed by atoms with Crippen molar-refractivity contribution in [3.8, 4) is 0 Å². The van der Waals surface area contributed by atoms with E-state index in [1.54, 1.807) is 0 Å². The molecule has 0 radical (unpaired) electrons. The molecule has 0 aromatic heterocycles. The minimum absolute atomic E-state index is 0.357. The van der Waals surface area contributed by atoms with E-state index in [1.807, 2.05) is 0 Å². The Morgan fingerprint density at radius 2 is 2.25 bits per heavy atom. The van der Waals surface area contributed by atoms with Crippen LogP contribution in [0.5, 0.6) is 0 Å². The third-order valence-corrected chi connectivity index (χ3v) is 4.21. The lowest BCUT2D eigenvalue weighted by Crippen LogP contribution is -2.47. The number of rotatable bonds is 3. The van der Waals surface area contributed by atoms with Crippen LogP contribution in [0.4, 0.5) is 0 Å². The van der Waals surface area contributed by atoms with Gasteiger partial charge in [-0.1, -0.05) is 13.3 Å². The summed E-state index contributed by atoms with van der Waals surface area (Å²) in [5.41, 5.74) is 6.16. The smallest absolute Gasteiger partial charge is 0.0521 e. The minimum Gasteiger partial charge on any atom is -0.381 e. The molecule has 2 N–H and O–H groups in total. The van der Waals surface area contributed by atoms with Gasteiger partial charge in [0.2, 0.25) is 0 Å². The van der Waals surface area contributed by atoms with Crippen LogP contribution in [0, 0.1) is 11.8 Å². The zero-order valence-electron chi connectivity index (χ0n) is 10.5. The number of nitrogens with zero attached hydrogens (tertiary/aromatic N) is 1. The van der Waals surface area contributed by atoms with Gasteiger partial charge in [-0.2, -0.15) is 0 Å². The minimum atomic E-state index is 0.357. The predicted molar refractivity (Wildman–Crippen MR) is 66.4 cm³/mol. The van der Waals surface area contributed by atoms with Crippen LogP contribution in [0.1, 0.15) is 32.6 Å². The van der Waals surface area contributed by atoms with Crippen LogP contribution in [0.3, 0.4) is 0 Å². The van der Waals surface area contributed by atoms with Crippen molar-refractivity contribution in [3.63, 3.8) is 0 Å². The van der Waals surface area contributed by atoms with Gasteiger partial charge in [-0.25, -0.2) is 0 Å². The zero-order valence-corrected chi connectivity index (χ0v) is 10.5. The molecule has 0 bridgehead atoms. The Balaban J connectivity index is 1.79. The second-order valence-electron chi connectivity index (χ2n) is 5.46. The molecule has 94 valence electrons. The average molecular weight is 226 g/mol. The summed E-state index contributed by atoms with van der Waals surface area (Å²) in [6.45, 7) is 7.73. The number of likely N-dealkylation sites (tertiary alicyclic amines) is 1. The first-order chi connectivity index (χ1) is 7.79. The summed E-state index contributed by atoms with van der Waals surface area (Å²) in [7, 11) is 0. The summed E-state index contributed by atoms with van der Waals surface area (Å²) in [5.74, 6) is 1.47. The van der Waals surface area contributed by atoms with Crippen LogP contribution >= 0.6 is 0 Å². The maximum absolute atomic E-state index is 6.16. The first kappa shape index (κ1) is 12.3. The van der Waals surface area contributed by atoms with Gasteiger partial charge in [0.15, 0.2) is 0 Å². The highest BCUT2D eigenvalue weighted by Crippen LogP contribution is 2.22. The second kappa shape index (κ2) is 5.99. The average Bonchev–Trinajstić information content (AvgIpc) is 2.32. The molecule has 3 heteroatoms. The zero-order chi connectivity index (χ0) is 11.4. The number of piperidine rings is 1. The van der Waals surface area contributed by atoms with Crippen LogP contribution in [-0.2, 0) is 4.74 Å². The van der Waals surface area contributed by atoms with Gasteiger partial charge in [-0.15, -0.1) is 0 Å². The Bertz CT molecular complexity index is 210. The van der Waals surface area contributed by atoms with E-state index in [1.165, 1.54) is 32.4 Å². The van der Waals surface area contributed by atoms with Gasteiger partial charge in [-0.3, -0.25) is 0 Å². The lowest BCUT2D eigenvalue weighted by atomic mass is 9.92. The van der Waals surface area contributed by atoms with Gasteiger partial charge < -0.3 is 15.4 Å². The van der Waals surface area contributed by atoms with E-state index < -0.39 is 0 Å². The quantitative estimate of drug-likeness (QED) is 0.792. The maximum atomic E-state index is 6.16. The first-order valence-electron chi connectivity index (χ1n) is 6.85. The van der Waals surface area contributed by atoms with Gasteiger partial charge in [0, 0.05) is 31.7 Å². The molecule has 3 unspecified atom stereocenters. The summed E-state index contributed by atoms with van der Waals surface area (Å²) in [6, 6.07) is 0.357. The Morgan fingerprint density at radius 1 is 1.38 bits per heavy atom. The Kier molecular flexibility index (Phi) is 4.62. The van der Waals surface area contributed by atoms with E-state index in [2.05, 4.69) is 11.8 Å². The Morgan fingerprint density at radius 3 is 3.00 bits per heavy atom. The summed E-state index contributed by atoms with van der Waals surface area (Å²) >= 11 is 0. The predicted octanol–water partition coefficient (Wildman–Crippen LogP) is 1.47. The van der Waals surface area contributed by atoms with Crippen molar-refractivity contribution in [1.82, 2.24) is 4.90 Å². The SMILES string of the molecule is CCC1CCCN(CC2COCCC2N)C1. The van der Waals surface area contributed by atoms with Crippen molar-refractivity contribution in [2.75, 3.05) is 32.8 Å². The maximum Gasteiger partial charge on any atom is 0.0521 e. The molecule has 2 saturated heterocycles. The van der Waals surface area contributed by atoms with Crippen LogP contribution in [0.15, 0.2) is 0 Å². The third-order valence-electron chi connectivity index (χ3n) is 4.21. The molecule has 2 aliphatic heterocycles. The monoisotopic (exact) mass is 226 g/mol. The summed E-state index contributed by atoms with van der Waals surface area (Å²) in [4.78, 5) is 2.61. The van der Waals surface area contributed by atoms with Crippen molar-refractivity contribution < 1.29 is 4.74 Å². The van der Waals surface area contributed by atoms with E-state index in [4.69, 9.17) is 10.5 Å². The van der Waals surface area contributed by atoms with E-state index in [0.717, 1.165) is 32.1 Å². The summed E-state index contributed by atoms with van der Waals surface area (Å²) in [6.07, 6.45) is 5.14. The van der Waals surface area contributed by atoms with Crippen molar-refractivity contribution in [2.45, 2.75) is 38.6 Å². The molecule has 0 amide bonds. The highest BCUT2D eigenvalue weighted by molar-refractivity contribution is 4.81. The van der Waals surface area contributed by atoms with E-state index in [0.29, 0.717) is 12.0 Å². The fourth-order valence-corrected chi connectivity index (χ4v) is 2.98. The highest BCUT2D eigenvalue weighted by atomic mass is 16.5. The molecule has 2 heterocycles. The fraction of sp³-hybridized carbons (Fsp3) is 1.00. The van der Waals surface area contributed by atoms with Crippen molar-refractivity contribution in [2.24, 2.45) is 17.6 Å². The number of hydrogen-bond acceptors (Lipinski definition) is 3. The Hall–Kier alpha value is -0.120. The molecule has 2 fully saturated rings. The molecule has 0 spiro atoms. The first-order valence-corrected chi connectivity index (χ1v) is 6.85. The van der Waals surface area contributed by atoms with Crippen molar-refractivity contribution in [1.29, 1.82) is 0 Å². The van der Waals surface area contributed by atoms with Crippen LogP contribution in [0.25, 0.3) is 0 Å². The van der Waals surface area contributed by atoms with Crippen LogP contribution < -0.4 is 5.73 Å². The van der Waals surface area contributed by atoms with Gasteiger partial charge in [-0.05, 0) is 31.7 Å². The van der Waals surface area contributed by atoms with E-state index >= 15 is 0 Å². The molecule has 3 nitrogen and oxygen atoms in total. The van der Waals surface area contributed by atoms with Crippen LogP contribution in [0.2, 0.25) is 0 Å². The highest BCUT2D eigenvalue weighted by Gasteiger charge is 2.26. The third kappa shape index (κ3) is 3.19. The molecule has 3 atom stereocenters. The molecule has 0 aliphatic carbocycles. The molecular formula is C13H26N2O. The molecule has 0 saturated carbocycles. The molecule has 0 aromatic rings. The van der Waals surface area contributed by atoms with E-state index in [9.17, 15) is 0 Å². The standard InChI is InChI=1S/C13H26N2O/c1-2-11-4-3-6-15(8-11)9-12-10-16-7-5-13(12)14/h11-13H,2-10,14H2,1H3. The molecular weight excluding hydrogens is 200 g/mol. The van der Waals surface area contributed by atoms with E-state index in [-0.39, 0.29) is 0 Å². The number of ether oxygens (including phenoxy) is 1. The lowest BCUT2D eigenvalue weighted by molar-refractivity contribution is 0.0192. The fourth-order valence-electron chi connectivity index (χ4n) is 2.98. The number of hydrogen-bond donors (Lipinski definition) is 1. The number of nitrogens with two attached hydrogens (primary N) is 1. The molecule has 0 aromatic carbocycles. The normalized spacial score (nSPS) is 37.5. The lowest BCUT2D eigenvalue weighted by Gasteiger charge is -2.37. The topological polar surface area (TPSA) is 38.5 Å². The molecule has 16 heavy (non-hydrogen) atoms. The van der Waals surface area contributed by atoms with Crippen LogP contribution in [-0.4, -0.2) is 43.8 Å². The van der Waals surface area contributed by atoms with Crippen molar-refractivity contribution in [3.05, 3.63) is 0 Å². The summed E-state index contributed by atoms with van der Waals surface area (Å²) in [5, 5.41) is 0. The molecule has 2 rings (SSSR count). The van der Waals surface area contributed by atoms with Gasteiger partial charge in [0.25, 0.3) is 0 Å².